The van der Waals surface area contributed by atoms with Crippen LogP contribution in [0.3, 0.4) is 0 Å². The lowest BCUT2D eigenvalue weighted by molar-refractivity contribution is 0.305. The number of halogens is 1. The van der Waals surface area contributed by atoms with Crippen LogP contribution in [0, 0.1) is 25.2 Å². The summed E-state index contributed by atoms with van der Waals surface area (Å²) in [6.07, 6.45) is 6.45. The van der Waals surface area contributed by atoms with E-state index in [1.807, 2.05) is 24.3 Å². The topological polar surface area (TPSA) is 71.9 Å². The molecule has 4 rings (SSSR count). The highest BCUT2D eigenvalue weighted by molar-refractivity contribution is 6.32. The van der Waals surface area contributed by atoms with Gasteiger partial charge in [-0.3, -0.25) is 0 Å². The van der Waals surface area contributed by atoms with E-state index in [4.69, 9.17) is 22.1 Å². The second-order valence-corrected chi connectivity index (χ2v) is 8.92. The summed E-state index contributed by atoms with van der Waals surface area (Å²) in [4.78, 5) is 4.64. The number of rotatable bonds is 4. The molecule has 1 aliphatic carbocycles. The lowest BCUT2D eigenvalue weighted by Gasteiger charge is -2.22. The molecule has 5 heteroatoms. The van der Waals surface area contributed by atoms with E-state index in [0.29, 0.717) is 28.8 Å². The van der Waals surface area contributed by atoms with Crippen LogP contribution in [0.2, 0.25) is 5.02 Å². The molecule has 0 radical (unpaired) electrons. The molecule has 0 unspecified atom stereocenters. The van der Waals surface area contributed by atoms with Gasteiger partial charge in [0, 0.05) is 11.3 Å². The fraction of sp³-hybridized carbons (Fsp3) is 0.333. The molecule has 1 heterocycles. The van der Waals surface area contributed by atoms with Crippen LogP contribution >= 0.6 is 11.6 Å². The average molecular weight is 446 g/mol. The Hall–Kier alpha value is -3.03. The summed E-state index contributed by atoms with van der Waals surface area (Å²) in [7, 11) is 0. The lowest BCUT2D eigenvalue weighted by atomic mass is 9.85. The summed E-state index contributed by atoms with van der Waals surface area (Å²) in [6, 6.07) is 14.1. The summed E-state index contributed by atoms with van der Waals surface area (Å²) in [6.45, 7) is 4.57. The zero-order valence-electron chi connectivity index (χ0n) is 18.7. The van der Waals surface area contributed by atoms with E-state index in [1.54, 1.807) is 0 Å². The van der Waals surface area contributed by atoms with Crippen LogP contribution in [0.4, 0.5) is 5.82 Å². The summed E-state index contributed by atoms with van der Waals surface area (Å²) in [5.74, 6) is 0.988. The van der Waals surface area contributed by atoms with Crippen LogP contribution in [0.1, 0.15) is 59.2 Å². The molecular weight excluding hydrogens is 418 g/mol. The largest absolute Gasteiger partial charge is 0.487 e. The Morgan fingerprint density at radius 1 is 1.06 bits per heavy atom. The highest BCUT2D eigenvalue weighted by atomic mass is 35.5. The van der Waals surface area contributed by atoms with E-state index in [1.165, 1.54) is 18.4 Å². The third-order valence-electron chi connectivity index (χ3n) is 6.29. The van der Waals surface area contributed by atoms with Crippen molar-refractivity contribution in [2.45, 2.75) is 59.0 Å². The first-order valence-corrected chi connectivity index (χ1v) is 11.6. The molecular formula is C27H28ClN3O. The standard InChI is InChI=1S/C27H28ClN3O/c1-17-13-18(2)21(14-19(17)16-32-25-12-8-7-10-23(25)28)26-20-9-5-3-4-6-11-24(20)31-27(30)22(26)15-29/h7-8,10,12-14H,3-6,9,11,16H2,1-2H3,(H2,30,31). The van der Waals surface area contributed by atoms with Crippen molar-refractivity contribution in [2.75, 3.05) is 5.73 Å². The second-order valence-electron chi connectivity index (χ2n) is 8.51. The number of aromatic nitrogens is 1. The molecule has 2 aromatic carbocycles. The number of ether oxygens (including phenoxy) is 1. The summed E-state index contributed by atoms with van der Waals surface area (Å²) in [5.41, 5.74) is 14.3. The highest BCUT2D eigenvalue weighted by Crippen LogP contribution is 2.38. The fourth-order valence-corrected chi connectivity index (χ4v) is 4.76. The molecule has 0 bridgehead atoms. The van der Waals surface area contributed by atoms with Crippen molar-refractivity contribution in [3.8, 4) is 22.9 Å². The van der Waals surface area contributed by atoms with Crippen LogP contribution < -0.4 is 10.5 Å². The van der Waals surface area contributed by atoms with Crippen molar-refractivity contribution in [1.29, 1.82) is 5.26 Å². The van der Waals surface area contributed by atoms with Crippen molar-refractivity contribution in [3.63, 3.8) is 0 Å². The zero-order chi connectivity index (χ0) is 22.7. The Bertz CT molecular complexity index is 1200. The Kier molecular flexibility index (Phi) is 6.67. The van der Waals surface area contributed by atoms with Crippen molar-refractivity contribution in [1.82, 2.24) is 4.98 Å². The van der Waals surface area contributed by atoms with Gasteiger partial charge in [0.15, 0.2) is 0 Å². The maximum Gasteiger partial charge on any atom is 0.142 e. The normalized spacial score (nSPS) is 13.6. The van der Waals surface area contributed by atoms with Crippen LogP contribution in [0.5, 0.6) is 5.75 Å². The third-order valence-corrected chi connectivity index (χ3v) is 6.60. The summed E-state index contributed by atoms with van der Waals surface area (Å²) >= 11 is 6.27. The Balaban J connectivity index is 1.82. The molecule has 32 heavy (non-hydrogen) atoms. The maximum atomic E-state index is 9.98. The van der Waals surface area contributed by atoms with Crippen molar-refractivity contribution in [2.24, 2.45) is 0 Å². The van der Waals surface area contributed by atoms with Gasteiger partial charge in [-0.1, -0.05) is 42.6 Å². The SMILES string of the molecule is Cc1cc(C)c(-c2c(C#N)c(N)nc3c2CCCCCC3)cc1COc1ccccc1Cl. The fourth-order valence-electron chi connectivity index (χ4n) is 4.57. The average Bonchev–Trinajstić information content (AvgIpc) is 2.75. The van der Waals surface area contributed by atoms with Gasteiger partial charge >= 0.3 is 0 Å². The van der Waals surface area contributed by atoms with E-state index >= 15 is 0 Å². The minimum atomic E-state index is 0.329. The minimum Gasteiger partial charge on any atom is -0.487 e. The van der Waals surface area contributed by atoms with E-state index < -0.39 is 0 Å². The van der Waals surface area contributed by atoms with Crippen molar-refractivity contribution in [3.05, 3.63) is 74.9 Å². The van der Waals surface area contributed by atoms with Gasteiger partial charge in [-0.25, -0.2) is 4.98 Å². The monoisotopic (exact) mass is 445 g/mol. The third kappa shape index (κ3) is 4.45. The van der Waals surface area contributed by atoms with E-state index in [0.717, 1.165) is 59.2 Å². The van der Waals surface area contributed by atoms with E-state index in [2.05, 4.69) is 37.0 Å². The summed E-state index contributed by atoms with van der Waals surface area (Å²) in [5, 5.41) is 10.6. The van der Waals surface area contributed by atoms with Gasteiger partial charge in [0.1, 0.15) is 29.8 Å². The number of fused-ring (bicyclic) bond motifs is 1. The number of hydrogen-bond acceptors (Lipinski definition) is 4. The van der Waals surface area contributed by atoms with Crippen LogP contribution in [-0.4, -0.2) is 4.98 Å². The number of anilines is 1. The van der Waals surface area contributed by atoms with Crippen LogP contribution in [0.25, 0.3) is 11.1 Å². The molecule has 4 nitrogen and oxygen atoms in total. The maximum absolute atomic E-state index is 9.98. The van der Waals surface area contributed by atoms with Gasteiger partial charge in [0.05, 0.1) is 5.02 Å². The molecule has 3 aromatic rings. The number of hydrogen-bond donors (Lipinski definition) is 1. The zero-order valence-corrected chi connectivity index (χ0v) is 19.4. The van der Waals surface area contributed by atoms with Gasteiger partial charge in [0.2, 0.25) is 0 Å². The molecule has 0 fully saturated rings. The quantitative estimate of drug-likeness (QED) is 0.484. The summed E-state index contributed by atoms with van der Waals surface area (Å²) < 4.78 is 6.03. The van der Waals surface area contributed by atoms with Gasteiger partial charge in [-0.15, -0.1) is 0 Å². The Morgan fingerprint density at radius 2 is 1.81 bits per heavy atom. The smallest absolute Gasteiger partial charge is 0.142 e. The molecule has 0 spiro atoms. The van der Waals surface area contributed by atoms with Crippen LogP contribution in [0.15, 0.2) is 36.4 Å². The second kappa shape index (κ2) is 9.63. The first-order valence-electron chi connectivity index (χ1n) is 11.2. The first kappa shape index (κ1) is 22.2. The lowest BCUT2D eigenvalue weighted by Crippen LogP contribution is -2.11. The molecule has 0 saturated heterocycles. The molecule has 1 aliphatic rings. The van der Waals surface area contributed by atoms with E-state index in [-0.39, 0.29) is 0 Å². The first-order chi connectivity index (χ1) is 15.5. The number of nitriles is 1. The van der Waals surface area contributed by atoms with Crippen molar-refractivity contribution >= 4 is 17.4 Å². The molecule has 164 valence electrons. The van der Waals surface area contributed by atoms with Gasteiger partial charge in [-0.05, 0) is 85.5 Å². The Labute approximate surface area is 195 Å². The predicted octanol–water partition coefficient (Wildman–Crippen LogP) is 6.71. The molecule has 2 N–H and O–H groups in total. The van der Waals surface area contributed by atoms with Crippen LogP contribution in [-0.2, 0) is 19.4 Å². The molecule has 0 aliphatic heterocycles. The van der Waals surface area contributed by atoms with Crippen molar-refractivity contribution < 1.29 is 4.74 Å². The number of nitrogens with zero attached hydrogens (tertiary/aromatic N) is 2. The Morgan fingerprint density at radius 3 is 2.56 bits per heavy atom. The number of aryl methyl sites for hydroxylation is 3. The number of nitrogen functional groups attached to an aromatic ring is 1. The molecule has 1 aromatic heterocycles. The minimum absolute atomic E-state index is 0.329. The number of benzene rings is 2. The molecule has 0 atom stereocenters. The van der Waals surface area contributed by atoms with Gasteiger partial charge in [0.25, 0.3) is 0 Å². The van der Waals surface area contributed by atoms with E-state index in [9.17, 15) is 5.26 Å². The molecule has 0 amide bonds. The molecule has 0 saturated carbocycles. The number of para-hydroxylation sites is 1. The number of nitrogens with two attached hydrogens (primary N) is 1. The van der Waals surface area contributed by atoms with Gasteiger partial charge < -0.3 is 10.5 Å². The highest BCUT2D eigenvalue weighted by Gasteiger charge is 2.22. The predicted molar refractivity (Wildman–Crippen MR) is 130 cm³/mol. The van der Waals surface area contributed by atoms with Gasteiger partial charge in [-0.2, -0.15) is 5.26 Å². The number of pyridine rings is 1.